The lowest BCUT2D eigenvalue weighted by molar-refractivity contribution is -0.716. The van der Waals surface area contributed by atoms with Gasteiger partial charge in [-0.05, 0) is 19.1 Å². The Labute approximate surface area is 171 Å². The van der Waals surface area contributed by atoms with Crippen LogP contribution in [0, 0.1) is 24.1 Å². The highest BCUT2D eigenvalue weighted by Crippen LogP contribution is 2.31. The molecule has 0 atom stereocenters. The highest BCUT2D eigenvalue weighted by atomic mass is 19.1. The second kappa shape index (κ2) is 6.84. The number of nitriles is 1. The first-order valence-electron chi connectivity index (χ1n) is 9.56. The third-order valence-corrected chi connectivity index (χ3v) is 5.30. The van der Waals surface area contributed by atoms with Crippen LogP contribution in [0.1, 0.15) is 22.5 Å². The topological polar surface area (TPSA) is 94.9 Å². The zero-order valence-electron chi connectivity index (χ0n) is 16.5. The van der Waals surface area contributed by atoms with E-state index in [0.717, 1.165) is 28.3 Å². The predicted octanol–water partition coefficient (Wildman–Crippen LogP) is 2.42. The molecule has 0 saturated heterocycles. The van der Waals surface area contributed by atoms with E-state index in [1.165, 1.54) is 6.07 Å². The van der Waals surface area contributed by atoms with Gasteiger partial charge in [0.25, 0.3) is 0 Å². The van der Waals surface area contributed by atoms with E-state index in [0.29, 0.717) is 30.2 Å². The summed E-state index contributed by atoms with van der Waals surface area (Å²) in [6, 6.07) is 7.16. The molecule has 0 fully saturated rings. The summed E-state index contributed by atoms with van der Waals surface area (Å²) in [4.78, 5) is 8.99. The second-order valence-electron chi connectivity index (χ2n) is 7.27. The molecular weight excluding hydrogens is 385 g/mol. The minimum Gasteiger partial charge on any atom is -0.493 e. The number of nitrogens with zero attached hydrogens (tertiary/aromatic N) is 5. The highest BCUT2D eigenvalue weighted by Gasteiger charge is 2.22. The first-order chi connectivity index (χ1) is 14.5. The van der Waals surface area contributed by atoms with Crippen molar-refractivity contribution >= 4 is 11.6 Å². The van der Waals surface area contributed by atoms with Gasteiger partial charge < -0.3 is 10.1 Å². The fraction of sp³-hybridized carbons (Fsp3) is 0.238. The van der Waals surface area contributed by atoms with Gasteiger partial charge in [-0.25, -0.2) is 14.4 Å². The maximum atomic E-state index is 14.5. The summed E-state index contributed by atoms with van der Waals surface area (Å²) < 4.78 is 23.6. The lowest BCUT2D eigenvalue weighted by atomic mass is 10.0. The number of benzene rings is 1. The van der Waals surface area contributed by atoms with E-state index in [1.807, 2.05) is 24.7 Å². The molecule has 30 heavy (non-hydrogen) atoms. The van der Waals surface area contributed by atoms with Crippen LogP contribution >= 0.6 is 0 Å². The smallest absolute Gasteiger partial charge is 0.243 e. The lowest BCUT2D eigenvalue weighted by Gasteiger charge is -2.12. The van der Waals surface area contributed by atoms with Crippen molar-refractivity contribution < 1.29 is 13.8 Å². The summed E-state index contributed by atoms with van der Waals surface area (Å²) in [5.41, 5.74) is 5.01. The number of aromatic amines is 1. The maximum Gasteiger partial charge on any atom is 0.243 e. The summed E-state index contributed by atoms with van der Waals surface area (Å²) in [6.45, 7) is 2.77. The van der Waals surface area contributed by atoms with Crippen LogP contribution in [0.15, 0.2) is 30.6 Å². The molecule has 5 rings (SSSR count). The van der Waals surface area contributed by atoms with Gasteiger partial charge in [-0.3, -0.25) is 4.40 Å². The molecule has 150 valence electrons. The van der Waals surface area contributed by atoms with Crippen molar-refractivity contribution in [3.05, 3.63) is 58.9 Å². The van der Waals surface area contributed by atoms with Gasteiger partial charge in [-0.1, -0.05) is 0 Å². The second-order valence-corrected chi connectivity index (χ2v) is 7.27. The third-order valence-electron chi connectivity index (χ3n) is 5.30. The monoisotopic (exact) mass is 404 g/mol. The fourth-order valence-corrected chi connectivity index (χ4v) is 3.93. The van der Waals surface area contributed by atoms with Crippen LogP contribution < -0.4 is 14.7 Å². The number of hydrogen-bond donors (Lipinski definition) is 2. The largest absolute Gasteiger partial charge is 0.493 e. The summed E-state index contributed by atoms with van der Waals surface area (Å²) in [6.07, 6.45) is 4.02. The van der Waals surface area contributed by atoms with E-state index in [9.17, 15) is 9.65 Å². The van der Waals surface area contributed by atoms with E-state index in [1.54, 1.807) is 22.9 Å². The number of nitrogens with one attached hydrogen (secondary N) is 2. The van der Waals surface area contributed by atoms with Crippen molar-refractivity contribution in [3.8, 4) is 23.1 Å². The van der Waals surface area contributed by atoms with Crippen LogP contribution in [0.3, 0.4) is 0 Å². The highest BCUT2D eigenvalue weighted by molar-refractivity contribution is 5.75. The zero-order chi connectivity index (χ0) is 20.8. The normalized spacial score (nSPS) is 12.6. The molecule has 0 saturated carbocycles. The van der Waals surface area contributed by atoms with Crippen molar-refractivity contribution in [2.75, 3.05) is 11.9 Å². The minimum atomic E-state index is -0.280. The Morgan fingerprint density at radius 1 is 1.43 bits per heavy atom. The summed E-state index contributed by atoms with van der Waals surface area (Å²) >= 11 is 0. The molecule has 4 aromatic rings. The van der Waals surface area contributed by atoms with E-state index < -0.39 is 0 Å². The molecule has 2 N–H and O–H groups in total. The number of H-pyrrole nitrogens is 1. The zero-order valence-corrected chi connectivity index (χ0v) is 16.5. The van der Waals surface area contributed by atoms with Gasteiger partial charge >= 0.3 is 0 Å². The molecule has 0 radical (unpaired) electrons. The molecule has 1 aliphatic rings. The van der Waals surface area contributed by atoms with E-state index in [2.05, 4.69) is 26.5 Å². The van der Waals surface area contributed by atoms with Crippen LogP contribution in [0.4, 0.5) is 10.3 Å². The summed E-state index contributed by atoms with van der Waals surface area (Å²) in [7, 11) is 1.90. The maximum absolute atomic E-state index is 14.5. The van der Waals surface area contributed by atoms with E-state index in [-0.39, 0.29) is 18.1 Å². The average molecular weight is 404 g/mol. The van der Waals surface area contributed by atoms with Gasteiger partial charge in [-0.15, -0.1) is 4.68 Å². The Balaban J connectivity index is 1.56. The first-order valence-corrected chi connectivity index (χ1v) is 9.56. The third kappa shape index (κ3) is 2.85. The Bertz CT molecular complexity index is 1330. The molecule has 1 aliphatic heterocycles. The van der Waals surface area contributed by atoms with E-state index >= 15 is 0 Å². The van der Waals surface area contributed by atoms with Gasteiger partial charge in [-0.2, -0.15) is 10.4 Å². The number of aromatic nitrogens is 5. The van der Waals surface area contributed by atoms with Gasteiger partial charge in [0.2, 0.25) is 11.6 Å². The number of ether oxygens (including phenoxy) is 1. The number of aryl methyl sites for hydroxylation is 2. The van der Waals surface area contributed by atoms with Crippen molar-refractivity contribution in [3.63, 3.8) is 0 Å². The molecule has 4 heterocycles. The molecule has 8 nitrogen and oxygen atoms in total. The first kappa shape index (κ1) is 18.1. The Morgan fingerprint density at radius 2 is 2.30 bits per heavy atom. The van der Waals surface area contributed by atoms with Gasteiger partial charge in [0.05, 0.1) is 18.5 Å². The quantitative estimate of drug-likeness (QED) is 0.510. The molecular formula is C21H19FN7O+. The molecule has 0 spiro atoms. The van der Waals surface area contributed by atoms with Crippen LogP contribution in [0.5, 0.6) is 5.75 Å². The Hall–Kier alpha value is -3.93. The van der Waals surface area contributed by atoms with Crippen LogP contribution in [0.25, 0.3) is 16.9 Å². The van der Waals surface area contributed by atoms with Crippen molar-refractivity contribution in [2.45, 2.75) is 19.9 Å². The van der Waals surface area contributed by atoms with Crippen molar-refractivity contribution in [1.29, 1.82) is 5.26 Å². The number of fused-ring (bicyclic) bond motifs is 2. The standard InChI is InChI=1S/C21H18FN7O/c1-12-7-18(28(2)27-12)16-10-25-21(29-11-13(8-23)26-20(16)29)24-9-15-14-5-6-30-19(14)4-3-17(15)22/h3-4,7,10-11H,5-6,9H2,1-2H3,(H,24,25,26,27)/p+1. The number of imidazole rings is 1. The minimum absolute atomic E-state index is 0.247. The SMILES string of the molecule is Cc1cc(-c2cnc(NCc3c(F)ccc4c3CCO4)n3cc(C#N)nc23)[n+](C)[nH]1. The molecule has 0 amide bonds. The molecule has 0 unspecified atom stereocenters. The van der Waals surface area contributed by atoms with Crippen molar-refractivity contribution in [1.82, 2.24) is 19.5 Å². The molecule has 3 aromatic heterocycles. The van der Waals surface area contributed by atoms with Crippen LogP contribution in [-0.2, 0) is 20.0 Å². The van der Waals surface area contributed by atoms with Crippen molar-refractivity contribution in [2.24, 2.45) is 7.05 Å². The Kier molecular flexibility index (Phi) is 4.13. The van der Waals surface area contributed by atoms with Gasteiger partial charge in [0, 0.05) is 36.4 Å². The predicted molar refractivity (Wildman–Crippen MR) is 106 cm³/mol. The number of hydrogen-bond acceptors (Lipinski definition) is 5. The number of halogens is 1. The fourth-order valence-electron chi connectivity index (χ4n) is 3.93. The summed E-state index contributed by atoms with van der Waals surface area (Å²) in [5, 5.41) is 15.8. The molecule has 9 heteroatoms. The number of anilines is 1. The van der Waals surface area contributed by atoms with Crippen LogP contribution in [0.2, 0.25) is 0 Å². The molecule has 0 bridgehead atoms. The lowest BCUT2D eigenvalue weighted by Crippen LogP contribution is -2.32. The van der Waals surface area contributed by atoms with Crippen LogP contribution in [-0.4, -0.2) is 26.1 Å². The molecule has 0 aliphatic carbocycles. The van der Waals surface area contributed by atoms with Gasteiger partial charge in [0.1, 0.15) is 23.2 Å². The number of rotatable bonds is 4. The summed E-state index contributed by atoms with van der Waals surface area (Å²) in [5.74, 6) is 0.928. The average Bonchev–Trinajstić information content (AvgIpc) is 3.45. The van der Waals surface area contributed by atoms with E-state index in [4.69, 9.17) is 4.74 Å². The Morgan fingerprint density at radius 3 is 3.07 bits per heavy atom. The van der Waals surface area contributed by atoms with Gasteiger partial charge in [0.15, 0.2) is 18.4 Å². The molecule has 1 aromatic carbocycles.